The summed E-state index contributed by atoms with van der Waals surface area (Å²) in [5, 5.41) is 3.09. The van der Waals surface area contributed by atoms with E-state index in [0.29, 0.717) is 0 Å². The van der Waals surface area contributed by atoms with Gasteiger partial charge < -0.3 is 19.4 Å². The second-order valence-corrected chi connectivity index (χ2v) is 7.07. The molecule has 0 aliphatic carbocycles. The molecule has 1 aromatic heterocycles. The maximum atomic E-state index is 12.5. The number of nitrogens with one attached hydrogen (secondary N) is 1. The lowest BCUT2D eigenvalue weighted by Gasteiger charge is -2.32. The van der Waals surface area contributed by atoms with Gasteiger partial charge >= 0.3 is 6.03 Å². The number of aromatic nitrogens is 1. The zero-order chi connectivity index (χ0) is 17.2. The number of hydrogen-bond acceptors (Lipinski definition) is 4. The van der Waals surface area contributed by atoms with Gasteiger partial charge in [-0.15, -0.1) is 0 Å². The van der Waals surface area contributed by atoms with Crippen molar-refractivity contribution < 1.29 is 13.9 Å². The van der Waals surface area contributed by atoms with E-state index in [4.69, 9.17) is 9.15 Å². The predicted octanol–water partition coefficient (Wildman–Crippen LogP) is 3.28. The van der Waals surface area contributed by atoms with Crippen LogP contribution in [0.4, 0.5) is 4.79 Å². The number of hydrogen-bond donors (Lipinski definition) is 1. The number of fused-ring (bicyclic) bond motifs is 1. The van der Waals surface area contributed by atoms with E-state index in [-0.39, 0.29) is 24.1 Å². The van der Waals surface area contributed by atoms with Crippen molar-refractivity contribution in [2.45, 2.75) is 50.7 Å². The van der Waals surface area contributed by atoms with E-state index >= 15 is 0 Å². The van der Waals surface area contributed by atoms with Gasteiger partial charge in [-0.25, -0.2) is 9.78 Å². The van der Waals surface area contributed by atoms with E-state index in [1.807, 2.05) is 36.1 Å². The smallest absolute Gasteiger partial charge is 0.317 e. The first-order valence-electron chi connectivity index (χ1n) is 9.23. The van der Waals surface area contributed by atoms with Crippen LogP contribution >= 0.6 is 0 Å². The van der Waals surface area contributed by atoms with Crippen molar-refractivity contribution in [1.29, 1.82) is 0 Å². The van der Waals surface area contributed by atoms with Crippen LogP contribution in [0.2, 0.25) is 0 Å². The average molecular weight is 343 g/mol. The largest absolute Gasteiger partial charge is 0.440 e. The number of rotatable bonds is 3. The first-order chi connectivity index (χ1) is 12.2. The third-order valence-corrected chi connectivity index (χ3v) is 5.32. The molecule has 2 fully saturated rings. The number of piperidine rings is 1. The minimum Gasteiger partial charge on any atom is -0.440 e. The number of benzene rings is 1. The van der Waals surface area contributed by atoms with Crippen molar-refractivity contribution in [3.8, 4) is 0 Å². The van der Waals surface area contributed by atoms with Crippen LogP contribution in [0.5, 0.6) is 0 Å². The summed E-state index contributed by atoms with van der Waals surface area (Å²) >= 11 is 0. The van der Waals surface area contributed by atoms with E-state index in [1.165, 1.54) is 0 Å². The molecule has 2 aliphatic heterocycles. The third-order valence-electron chi connectivity index (χ3n) is 5.32. The van der Waals surface area contributed by atoms with Crippen LogP contribution < -0.4 is 5.32 Å². The first-order valence-corrected chi connectivity index (χ1v) is 9.23. The highest BCUT2D eigenvalue weighted by Gasteiger charge is 2.29. The van der Waals surface area contributed by atoms with Gasteiger partial charge in [-0.2, -0.15) is 0 Å². The Morgan fingerprint density at radius 3 is 2.80 bits per heavy atom. The summed E-state index contributed by atoms with van der Waals surface area (Å²) in [6.07, 6.45) is 4.03. The van der Waals surface area contributed by atoms with Crippen molar-refractivity contribution in [3.63, 3.8) is 0 Å². The number of nitrogens with zero attached hydrogens (tertiary/aromatic N) is 2. The van der Waals surface area contributed by atoms with Gasteiger partial charge in [-0.3, -0.25) is 0 Å². The highest BCUT2D eigenvalue weighted by molar-refractivity contribution is 5.75. The van der Waals surface area contributed by atoms with Gasteiger partial charge in [-0.1, -0.05) is 12.1 Å². The molecule has 1 aromatic carbocycles. The van der Waals surface area contributed by atoms with Gasteiger partial charge in [0.05, 0.1) is 12.1 Å². The van der Waals surface area contributed by atoms with Gasteiger partial charge in [0.2, 0.25) is 0 Å². The zero-order valence-corrected chi connectivity index (χ0v) is 14.6. The van der Waals surface area contributed by atoms with Gasteiger partial charge in [0, 0.05) is 25.6 Å². The zero-order valence-electron chi connectivity index (χ0n) is 14.6. The van der Waals surface area contributed by atoms with Crippen molar-refractivity contribution >= 4 is 17.1 Å². The van der Waals surface area contributed by atoms with Crippen LogP contribution in [0.1, 0.15) is 44.4 Å². The van der Waals surface area contributed by atoms with Crippen molar-refractivity contribution in [2.24, 2.45) is 0 Å². The van der Waals surface area contributed by atoms with E-state index in [2.05, 4.69) is 10.3 Å². The number of amides is 2. The Morgan fingerprint density at radius 1 is 1.28 bits per heavy atom. The fraction of sp³-hybridized carbons (Fsp3) is 0.579. The predicted molar refractivity (Wildman–Crippen MR) is 94.5 cm³/mol. The average Bonchev–Trinajstić information content (AvgIpc) is 3.31. The Balaban J connectivity index is 1.32. The molecule has 2 saturated heterocycles. The lowest BCUT2D eigenvalue weighted by Crippen LogP contribution is -2.49. The Labute approximate surface area is 147 Å². The summed E-state index contributed by atoms with van der Waals surface area (Å²) in [6.45, 7) is 4.29. The molecular weight excluding hydrogens is 318 g/mol. The van der Waals surface area contributed by atoms with Gasteiger partial charge in [0.1, 0.15) is 5.52 Å². The number of oxazole rings is 1. The minimum absolute atomic E-state index is 0.0130. The molecule has 6 nitrogen and oxygen atoms in total. The Bertz CT molecular complexity index is 697. The second kappa shape index (κ2) is 7.04. The quantitative estimate of drug-likeness (QED) is 0.929. The van der Waals surface area contributed by atoms with Crippen LogP contribution in [0.15, 0.2) is 28.7 Å². The molecule has 25 heavy (non-hydrogen) atoms. The molecule has 2 unspecified atom stereocenters. The molecule has 6 heteroatoms. The van der Waals surface area contributed by atoms with Crippen molar-refractivity contribution in [3.05, 3.63) is 30.2 Å². The topological polar surface area (TPSA) is 67.6 Å². The van der Waals surface area contributed by atoms with E-state index in [9.17, 15) is 4.79 Å². The molecule has 0 spiro atoms. The van der Waals surface area contributed by atoms with Crippen molar-refractivity contribution in [1.82, 2.24) is 15.2 Å². The van der Waals surface area contributed by atoms with Crippen molar-refractivity contribution in [2.75, 3.05) is 19.7 Å². The van der Waals surface area contributed by atoms with E-state index in [1.54, 1.807) is 0 Å². The number of urea groups is 1. The van der Waals surface area contributed by atoms with E-state index in [0.717, 1.165) is 62.4 Å². The lowest BCUT2D eigenvalue weighted by molar-refractivity contribution is 0.0823. The molecule has 2 aromatic rings. The number of likely N-dealkylation sites (tertiary alicyclic amines) is 1. The van der Waals surface area contributed by atoms with Crippen LogP contribution in [0.3, 0.4) is 0 Å². The summed E-state index contributed by atoms with van der Waals surface area (Å²) in [7, 11) is 0. The minimum atomic E-state index is 0.0130. The number of para-hydroxylation sites is 2. The molecule has 2 aliphatic rings. The highest BCUT2D eigenvalue weighted by atomic mass is 16.5. The molecule has 2 amide bonds. The maximum absolute atomic E-state index is 12.5. The monoisotopic (exact) mass is 343 g/mol. The highest BCUT2D eigenvalue weighted by Crippen LogP contribution is 2.30. The van der Waals surface area contributed by atoms with Crippen LogP contribution in [-0.2, 0) is 4.74 Å². The number of ether oxygens (including phenoxy) is 1. The standard InChI is InChI=1S/C19H25N3O3/c1-13(16-7-4-12-24-16)20-19(23)22-10-8-14(9-11-22)18-21-15-5-2-3-6-17(15)25-18/h2-3,5-6,13-14,16H,4,7-12H2,1H3,(H,20,23). The van der Waals surface area contributed by atoms with Gasteiger partial charge in [-0.05, 0) is 44.7 Å². The summed E-state index contributed by atoms with van der Waals surface area (Å²) in [4.78, 5) is 19.0. The molecular formula is C19H25N3O3. The van der Waals surface area contributed by atoms with Gasteiger partial charge in [0.25, 0.3) is 0 Å². The summed E-state index contributed by atoms with van der Waals surface area (Å²) in [6, 6.07) is 7.91. The molecule has 0 radical (unpaired) electrons. The molecule has 3 heterocycles. The molecule has 0 saturated carbocycles. The van der Waals surface area contributed by atoms with Crippen LogP contribution in [0.25, 0.3) is 11.1 Å². The van der Waals surface area contributed by atoms with Crippen LogP contribution in [0, 0.1) is 0 Å². The normalized spacial score (nSPS) is 23.1. The third kappa shape index (κ3) is 3.49. The molecule has 134 valence electrons. The fourth-order valence-corrected chi connectivity index (χ4v) is 3.77. The van der Waals surface area contributed by atoms with Crippen LogP contribution in [-0.4, -0.2) is 47.8 Å². The molecule has 0 bridgehead atoms. The molecule has 4 rings (SSSR count). The Morgan fingerprint density at radius 2 is 2.08 bits per heavy atom. The summed E-state index contributed by atoms with van der Waals surface area (Å²) in [5.74, 6) is 1.08. The Kier molecular flexibility index (Phi) is 4.61. The lowest BCUT2D eigenvalue weighted by atomic mass is 9.97. The molecule has 1 N–H and O–H groups in total. The number of carbonyl (C=O) groups is 1. The van der Waals surface area contributed by atoms with E-state index < -0.39 is 0 Å². The Hall–Kier alpha value is -2.08. The second-order valence-electron chi connectivity index (χ2n) is 7.07. The summed E-state index contributed by atoms with van der Waals surface area (Å²) < 4.78 is 11.5. The number of carbonyl (C=O) groups excluding carboxylic acids is 1. The SMILES string of the molecule is CC(NC(=O)N1CCC(c2nc3ccccc3o2)CC1)C1CCCO1. The maximum Gasteiger partial charge on any atom is 0.317 e. The summed E-state index contributed by atoms with van der Waals surface area (Å²) in [5.41, 5.74) is 1.74. The first kappa shape index (κ1) is 16.4. The molecule has 2 atom stereocenters. The fourth-order valence-electron chi connectivity index (χ4n) is 3.77. The van der Waals surface area contributed by atoms with Gasteiger partial charge in [0.15, 0.2) is 11.5 Å².